The number of alkyl halides is 3. The lowest BCUT2D eigenvalue weighted by molar-refractivity contribution is -0.137. The van der Waals surface area contributed by atoms with Gasteiger partial charge in [-0.2, -0.15) is 18.3 Å². The third kappa shape index (κ3) is 4.67. The number of ether oxygens (including phenoxy) is 2. The van der Waals surface area contributed by atoms with Crippen molar-refractivity contribution in [3.8, 4) is 11.4 Å². The van der Waals surface area contributed by atoms with Crippen LogP contribution in [0.25, 0.3) is 5.69 Å². The zero-order valence-corrected chi connectivity index (χ0v) is 16.8. The van der Waals surface area contributed by atoms with Crippen LogP contribution in [-0.4, -0.2) is 40.0 Å². The first-order chi connectivity index (χ1) is 15.3. The van der Waals surface area contributed by atoms with Crippen LogP contribution in [0.1, 0.15) is 28.8 Å². The maximum Gasteiger partial charge on any atom is 0.417 e. The summed E-state index contributed by atoms with van der Waals surface area (Å²) in [6, 6.07) is 9.06. The topological polar surface area (TPSA) is 104 Å². The van der Waals surface area contributed by atoms with E-state index >= 15 is 0 Å². The van der Waals surface area contributed by atoms with E-state index in [2.05, 4.69) is 15.4 Å². The average Bonchev–Trinajstić information content (AvgIpc) is 3.16. The number of nitrogens with one attached hydrogen (secondary N) is 1. The zero-order chi connectivity index (χ0) is 22.7. The molecule has 0 bridgehead atoms. The van der Waals surface area contributed by atoms with E-state index in [-0.39, 0.29) is 23.3 Å². The number of nitrogens with zero attached hydrogens (tertiary/aromatic N) is 3. The van der Waals surface area contributed by atoms with Gasteiger partial charge in [0.25, 0.3) is 5.91 Å². The number of benzene rings is 1. The van der Waals surface area contributed by atoms with Gasteiger partial charge < -0.3 is 20.5 Å². The molecule has 0 radical (unpaired) electrons. The highest BCUT2D eigenvalue weighted by atomic mass is 19.4. The zero-order valence-electron chi connectivity index (χ0n) is 16.8. The lowest BCUT2D eigenvalue weighted by Crippen LogP contribution is -2.26. The van der Waals surface area contributed by atoms with E-state index in [0.717, 1.165) is 25.0 Å². The molecule has 3 heterocycles. The molecule has 0 unspecified atom stereocenters. The van der Waals surface area contributed by atoms with Gasteiger partial charge in [-0.25, -0.2) is 9.67 Å². The monoisotopic (exact) mass is 447 g/mol. The quantitative estimate of drug-likeness (QED) is 0.618. The Morgan fingerprint density at radius 3 is 2.59 bits per heavy atom. The molecule has 1 aliphatic rings. The van der Waals surface area contributed by atoms with Crippen LogP contribution in [0.4, 0.5) is 24.8 Å². The fourth-order valence-corrected chi connectivity index (χ4v) is 3.25. The fourth-order valence-electron chi connectivity index (χ4n) is 3.25. The van der Waals surface area contributed by atoms with Crippen molar-refractivity contribution in [2.45, 2.75) is 25.1 Å². The van der Waals surface area contributed by atoms with Gasteiger partial charge in [0.05, 0.1) is 25.0 Å². The summed E-state index contributed by atoms with van der Waals surface area (Å²) >= 11 is 0. The molecule has 1 aromatic carbocycles. The summed E-state index contributed by atoms with van der Waals surface area (Å²) in [6.07, 6.45) is -1.07. The van der Waals surface area contributed by atoms with Gasteiger partial charge in [-0.1, -0.05) is 12.1 Å². The van der Waals surface area contributed by atoms with Crippen LogP contribution in [0, 0.1) is 0 Å². The van der Waals surface area contributed by atoms with Crippen LogP contribution < -0.4 is 15.8 Å². The van der Waals surface area contributed by atoms with Crippen LogP contribution in [-0.2, 0) is 10.9 Å². The second kappa shape index (κ2) is 8.87. The van der Waals surface area contributed by atoms with E-state index in [4.69, 9.17) is 15.2 Å². The lowest BCUT2D eigenvalue weighted by Gasteiger charge is -2.24. The van der Waals surface area contributed by atoms with Gasteiger partial charge in [-0.3, -0.25) is 4.79 Å². The van der Waals surface area contributed by atoms with Crippen molar-refractivity contribution in [3.63, 3.8) is 0 Å². The number of halogens is 3. The molecule has 1 fully saturated rings. The SMILES string of the molecule is Nc1c(C(=O)Nc2ccc(C(F)(F)F)cn2)cnn1-c1ccccc1OC1CCOCC1. The van der Waals surface area contributed by atoms with Gasteiger partial charge >= 0.3 is 6.18 Å². The molecule has 3 N–H and O–H groups in total. The number of para-hydroxylation sites is 2. The van der Waals surface area contributed by atoms with Crippen molar-refractivity contribution in [1.82, 2.24) is 14.8 Å². The normalized spacial score (nSPS) is 14.8. The number of aromatic nitrogens is 3. The second-order valence-corrected chi connectivity index (χ2v) is 7.14. The second-order valence-electron chi connectivity index (χ2n) is 7.14. The molecule has 1 saturated heterocycles. The summed E-state index contributed by atoms with van der Waals surface area (Å²) < 4.78 is 50.8. The van der Waals surface area contributed by atoms with Gasteiger partial charge in [-0.05, 0) is 24.3 Å². The number of anilines is 2. The van der Waals surface area contributed by atoms with Gasteiger partial charge in [0, 0.05) is 19.0 Å². The summed E-state index contributed by atoms with van der Waals surface area (Å²) in [5, 5.41) is 6.63. The lowest BCUT2D eigenvalue weighted by atomic mass is 10.1. The molecule has 1 aliphatic heterocycles. The summed E-state index contributed by atoms with van der Waals surface area (Å²) in [5.41, 5.74) is 5.86. The molecule has 0 spiro atoms. The number of hydrogen-bond donors (Lipinski definition) is 2. The first-order valence-corrected chi connectivity index (χ1v) is 9.85. The predicted molar refractivity (Wildman–Crippen MR) is 110 cm³/mol. The number of nitrogens with two attached hydrogens (primary N) is 1. The van der Waals surface area contributed by atoms with Gasteiger partial charge in [0.15, 0.2) is 0 Å². The Balaban J connectivity index is 1.53. The molecule has 8 nitrogen and oxygen atoms in total. The summed E-state index contributed by atoms with van der Waals surface area (Å²) in [7, 11) is 0. The molecule has 1 amide bonds. The van der Waals surface area contributed by atoms with Crippen LogP contribution in [0.5, 0.6) is 5.75 Å². The smallest absolute Gasteiger partial charge is 0.417 e. The standard InChI is InChI=1S/C21H20F3N5O3/c22-21(23,24)13-5-6-18(26-11-13)28-20(30)15-12-27-29(19(15)25)16-3-1-2-4-17(16)32-14-7-9-31-10-8-14/h1-6,11-12,14H,7-10,25H2,(H,26,28,30). The Hall–Kier alpha value is -3.60. The Bertz CT molecular complexity index is 1090. The molecule has 4 rings (SSSR count). The average molecular weight is 447 g/mol. The van der Waals surface area contributed by atoms with E-state index in [0.29, 0.717) is 30.8 Å². The number of carbonyl (C=O) groups is 1. The molecule has 3 aromatic rings. The highest BCUT2D eigenvalue weighted by molar-refractivity contribution is 6.06. The minimum Gasteiger partial charge on any atom is -0.488 e. The van der Waals surface area contributed by atoms with Gasteiger partial charge in [0.2, 0.25) is 0 Å². The maximum absolute atomic E-state index is 12.7. The van der Waals surface area contributed by atoms with E-state index in [1.807, 2.05) is 6.07 Å². The van der Waals surface area contributed by atoms with Crippen LogP contribution in [0.3, 0.4) is 0 Å². The summed E-state index contributed by atoms with van der Waals surface area (Å²) in [5.74, 6) is -0.0785. The number of carbonyl (C=O) groups excluding carboxylic acids is 1. The molecule has 32 heavy (non-hydrogen) atoms. The number of nitrogen functional groups attached to an aromatic ring is 1. The minimum atomic E-state index is -4.51. The molecular weight excluding hydrogens is 427 g/mol. The van der Waals surface area contributed by atoms with E-state index in [1.54, 1.807) is 18.2 Å². The number of amides is 1. The third-order valence-electron chi connectivity index (χ3n) is 4.94. The Morgan fingerprint density at radius 1 is 1.16 bits per heavy atom. The third-order valence-corrected chi connectivity index (χ3v) is 4.94. The Labute approximate surface area is 181 Å². The molecule has 11 heteroatoms. The van der Waals surface area contributed by atoms with E-state index < -0.39 is 17.6 Å². The molecule has 0 aliphatic carbocycles. The minimum absolute atomic E-state index is 0.00444. The van der Waals surface area contributed by atoms with Crippen molar-refractivity contribution in [2.75, 3.05) is 24.3 Å². The number of pyridine rings is 1. The predicted octanol–water partition coefficient (Wildman–Crippen LogP) is 3.68. The van der Waals surface area contributed by atoms with Crippen LogP contribution >= 0.6 is 0 Å². The molecule has 168 valence electrons. The van der Waals surface area contributed by atoms with Crippen molar-refractivity contribution in [2.24, 2.45) is 0 Å². The molecule has 0 saturated carbocycles. The Morgan fingerprint density at radius 2 is 1.91 bits per heavy atom. The molecular formula is C21H20F3N5O3. The summed E-state index contributed by atoms with van der Waals surface area (Å²) in [4.78, 5) is 16.2. The summed E-state index contributed by atoms with van der Waals surface area (Å²) in [6.45, 7) is 1.25. The Kier molecular flexibility index (Phi) is 5.99. The highest BCUT2D eigenvalue weighted by Gasteiger charge is 2.30. The van der Waals surface area contributed by atoms with Crippen LogP contribution in [0.2, 0.25) is 0 Å². The van der Waals surface area contributed by atoms with E-state index in [9.17, 15) is 18.0 Å². The molecule has 2 aromatic heterocycles. The first-order valence-electron chi connectivity index (χ1n) is 9.85. The molecule has 0 atom stereocenters. The van der Waals surface area contributed by atoms with Crippen LogP contribution in [0.15, 0.2) is 48.8 Å². The number of rotatable bonds is 5. The van der Waals surface area contributed by atoms with Crippen molar-refractivity contribution in [3.05, 3.63) is 59.9 Å². The largest absolute Gasteiger partial charge is 0.488 e. The number of hydrogen-bond acceptors (Lipinski definition) is 6. The first kappa shape index (κ1) is 21.6. The fraction of sp³-hybridized carbons (Fsp3) is 0.286. The highest BCUT2D eigenvalue weighted by Crippen LogP contribution is 2.30. The van der Waals surface area contributed by atoms with Crippen molar-refractivity contribution in [1.29, 1.82) is 0 Å². The van der Waals surface area contributed by atoms with Gasteiger partial charge in [-0.15, -0.1) is 0 Å². The van der Waals surface area contributed by atoms with Crippen molar-refractivity contribution < 1.29 is 27.4 Å². The van der Waals surface area contributed by atoms with Gasteiger partial charge in [0.1, 0.15) is 34.7 Å². The van der Waals surface area contributed by atoms with E-state index in [1.165, 1.54) is 10.9 Å². The maximum atomic E-state index is 12.7. The van der Waals surface area contributed by atoms with Crippen molar-refractivity contribution >= 4 is 17.5 Å².